The molecule has 4 rings (SSSR count). The molecule has 0 spiro atoms. The average molecular weight is 287 g/mol. The Labute approximate surface area is 123 Å². The molecule has 2 heteroatoms. The fraction of sp³-hybridized carbons (Fsp3) is 0.294. The second kappa shape index (κ2) is 4.57. The van der Waals surface area contributed by atoms with Gasteiger partial charge in [-0.2, -0.15) is 0 Å². The zero-order valence-electron chi connectivity index (χ0n) is 10.5. The van der Waals surface area contributed by atoms with Gasteiger partial charge in [0.1, 0.15) is 0 Å². The Morgan fingerprint density at radius 1 is 0.895 bits per heavy atom. The molecule has 0 heterocycles. The van der Waals surface area contributed by atoms with E-state index < -0.39 is 0 Å². The molecule has 2 aliphatic carbocycles. The first-order valence-electron chi connectivity index (χ1n) is 6.79. The van der Waals surface area contributed by atoms with Crippen LogP contribution in [0.25, 0.3) is 0 Å². The van der Waals surface area contributed by atoms with E-state index >= 15 is 0 Å². The van der Waals surface area contributed by atoms with Gasteiger partial charge in [0.2, 0.25) is 0 Å². The van der Waals surface area contributed by atoms with Gasteiger partial charge in [-0.3, -0.25) is 0 Å². The second-order valence-corrected chi connectivity index (χ2v) is 7.22. The van der Waals surface area contributed by atoms with Crippen LogP contribution < -0.4 is 0 Å². The lowest BCUT2D eigenvalue weighted by Gasteiger charge is -2.19. The molecule has 0 nitrogen and oxygen atoms in total. The van der Waals surface area contributed by atoms with Gasteiger partial charge in [0.15, 0.2) is 0 Å². The van der Waals surface area contributed by atoms with Gasteiger partial charge >= 0.3 is 0 Å². The van der Waals surface area contributed by atoms with Crippen molar-refractivity contribution in [2.75, 3.05) is 0 Å². The highest BCUT2D eigenvalue weighted by atomic mass is 35.5. The van der Waals surface area contributed by atoms with Crippen molar-refractivity contribution >= 4 is 23.4 Å². The Bertz CT molecular complexity index is 595. The van der Waals surface area contributed by atoms with Crippen LogP contribution in [0.3, 0.4) is 0 Å². The van der Waals surface area contributed by atoms with Gasteiger partial charge in [0.25, 0.3) is 0 Å². The molecule has 0 radical (unpaired) electrons. The van der Waals surface area contributed by atoms with Crippen LogP contribution in [0, 0.1) is 0 Å². The van der Waals surface area contributed by atoms with E-state index in [9.17, 15) is 0 Å². The largest absolute Gasteiger partial charge is 0.122 e. The van der Waals surface area contributed by atoms with Gasteiger partial charge in [-0.25, -0.2) is 0 Å². The Balaban J connectivity index is 1.69. The van der Waals surface area contributed by atoms with Crippen LogP contribution in [-0.2, 0) is 0 Å². The van der Waals surface area contributed by atoms with Crippen molar-refractivity contribution in [1.29, 1.82) is 0 Å². The van der Waals surface area contributed by atoms with Crippen LogP contribution >= 0.6 is 23.4 Å². The van der Waals surface area contributed by atoms with Gasteiger partial charge in [0.05, 0.1) is 0 Å². The summed E-state index contributed by atoms with van der Waals surface area (Å²) >= 11 is 8.59. The number of hydrogen-bond acceptors (Lipinski definition) is 1. The van der Waals surface area contributed by atoms with Crippen molar-refractivity contribution < 1.29 is 0 Å². The topological polar surface area (TPSA) is 0 Å². The maximum atomic E-state index is 6.58. The summed E-state index contributed by atoms with van der Waals surface area (Å²) in [7, 11) is 0. The van der Waals surface area contributed by atoms with Crippen LogP contribution in [0.5, 0.6) is 0 Å². The number of alkyl halides is 1. The SMILES string of the molecule is ClC1CC2c3ccccc3C1C2Sc1ccccc1. The fourth-order valence-electron chi connectivity index (χ4n) is 3.62. The third-order valence-electron chi connectivity index (χ3n) is 4.39. The first kappa shape index (κ1) is 11.9. The first-order valence-corrected chi connectivity index (χ1v) is 8.11. The fourth-order valence-corrected chi connectivity index (χ4v) is 5.72. The second-order valence-electron chi connectivity index (χ2n) is 5.41. The maximum absolute atomic E-state index is 6.58. The van der Waals surface area contributed by atoms with E-state index in [0.717, 1.165) is 6.42 Å². The quantitative estimate of drug-likeness (QED) is 0.697. The third-order valence-corrected chi connectivity index (χ3v) is 6.28. The molecular formula is C17H15ClS. The Morgan fingerprint density at radius 3 is 2.37 bits per heavy atom. The van der Waals surface area contributed by atoms with Crippen LogP contribution in [0.4, 0.5) is 0 Å². The Hall–Kier alpha value is -0.920. The van der Waals surface area contributed by atoms with E-state index in [1.165, 1.54) is 16.0 Å². The summed E-state index contributed by atoms with van der Waals surface area (Å²) < 4.78 is 0. The molecule has 1 saturated carbocycles. The molecule has 0 amide bonds. The normalized spacial score (nSPS) is 31.4. The molecule has 2 bridgehead atoms. The van der Waals surface area contributed by atoms with Gasteiger partial charge in [-0.15, -0.1) is 23.4 Å². The molecule has 0 aromatic heterocycles. The summed E-state index contributed by atoms with van der Waals surface area (Å²) in [6.07, 6.45) is 1.13. The van der Waals surface area contributed by atoms with Crippen LogP contribution in [0.15, 0.2) is 59.5 Å². The van der Waals surface area contributed by atoms with E-state index in [1.54, 1.807) is 0 Å². The number of benzene rings is 2. The highest BCUT2D eigenvalue weighted by molar-refractivity contribution is 8.00. The Kier molecular flexibility index (Phi) is 2.86. The van der Waals surface area contributed by atoms with Crippen molar-refractivity contribution in [3.8, 4) is 0 Å². The predicted octanol–water partition coefficient (Wildman–Crippen LogP) is 5.04. The van der Waals surface area contributed by atoms with Crippen molar-refractivity contribution in [1.82, 2.24) is 0 Å². The van der Waals surface area contributed by atoms with Crippen molar-refractivity contribution in [2.24, 2.45) is 0 Å². The summed E-state index contributed by atoms with van der Waals surface area (Å²) in [4.78, 5) is 1.36. The highest BCUT2D eigenvalue weighted by Crippen LogP contribution is 2.60. The number of fused-ring (bicyclic) bond motifs is 5. The molecule has 4 unspecified atom stereocenters. The highest BCUT2D eigenvalue weighted by Gasteiger charge is 2.51. The summed E-state index contributed by atoms with van der Waals surface area (Å²) in [5.41, 5.74) is 3.03. The first-order chi connectivity index (χ1) is 9.34. The maximum Gasteiger partial charge on any atom is 0.0421 e. The molecule has 2 aromatic rings. The van der Waals surface area contributed by atoms with Crippen molar-refractivity contribution in [3.63, 3.8) is 0 Å². The smallest absolute Gasteiger partial charge is 0.0421 e. The molecule has 4 atom stereocenters. The van der Waals surface area contributed by atoms with Gasteiger partial charge in [-0.1, -0.05) is 42.5 Å². The van der Waals surface area contributed by atoms with E-state index in [4.69, 9.17) is 11.6 Å². The molecule has 96 valence electrons. The van der Waals surface area contributed by atoms with E-state index in [0.29, 0.717) is 22.5 Å². The van der Waals surface area contributed by atoms with Gasteiger partial charge < -0.3 is 0 Å². The number of halogens is 1. The van der Waals surface area contributed by atoms with Crippen molar-refractivity contribution in [3.05, 3.63) is 65.7 Å². The van der Waals surface area contributed by atoms with Gasteiger partial charge in [0, 0.05) is 21.4 Å². The summed E-state index contributed by atoms with van der Waals surface area (Å²) in [5.74, 6) is 1.15. The minimum absolute atomic E-state index is 0.307. The summed E-state index contributed by atoms with van der Waals surface area (Å²) in [5, 5.41) is 0.920. The number of hydrogen-bond donors (Lipinski definition) is 0. The molecule has 2 aromatic carbocycles. The average Bonchev–Trinajstić information content (AvgIpc) is 2.92. The molecule has 0 N–H and O–H groups in total. The molecule has 0 aliphatic heterocycles. The predicted molar refractivity (Wildman–Crippen MR) is 82.3 cm³/mol. The van der Waals surface area contributed by atoms with Gasteiger partial charge in [-0.05, 0) is 35.6 Å². The van der Waals surface area contributed by atoms with Crippen molar-refractivity contribution in [2.45, 2.75) is 33.8 Å². The lowest BCUT2D eigenvalue weighted by Crippen LogP contribution is -2.12. The van der Waals surface area contributed by atoms with E-state index in [-0.39, 0.29) is 0 Å². The molecule has 1 fully saturated rings. The standard InChI is InChI=1S/C17H15ClS/c18-15-10-14-12-8-4-5-9-13(12)16(15)17(14)19-11-6-2-1-3-7-11/h1-9,14-17H,10H2. The zero-order valence-corrected chi connectivity index (χ0v) is 12.1. The molecular weight excluding hydrogens is 272 g/mol. The molecule has 19 heavy (non-hydrogen) atoms. The van der Waals surface area contributed by atoms with E-state index in [2.05, 4.69) is 54.6 Å². The zero-order chi connectivity index (χ0) is 12.8. The summed E-state index contributed by atoms with van der Waals surface area (Å²) in [6, 6.07) is 19.6. The molecule has 2 aliphatic rings. The Morgan fingerprint density at radius 2 is 1.58 bits per heavy atom. The van der Waals surface area contributed by atoms with E-state index in [1.807, 2.05) is 11.8 Å². The minimum atomic E-state index is 0.307. The molecule has 0 saturated heterocycles. The summed E-state index contributed by atoms with van der Waals surface area (Å²) in [6.45, 7) is 0. The minimum Gasteiger partial charge on any atom is -0.122 e. The van der Waals surface area contributed by atoms with Crippen LogP contribution in [-0.4, -0.2) is 10.6 Å². The van der Waals surface area contributed by atoms with Crippen LogP contribution in [0.2, 0.25) is 0 Å². The third kappa shape index (κ3) is 1.83. The lowest BCUT2D eigenvalue weighted by molar-refractivity contribution is 0.726. The van der Waals surface area contributed by atoms with Crippen LogP contribution in [0.1, 0.15) is 29.4 Å². The number of rotatable bonds is 2. The lowest BCUT2D eigenvalue weighted by atomic mass is 9.92. The number of thioether (sulfide) groups is 1. The monoisotopic (exact) mass is 286 g/mol.